The standard InChI is InChI=1S/C19H29N5O/c1-5-20-19(22-13-16-9-6-8-15(4)12-16)21-11-7-10-17-23-18(14(2)3)24-25-17/h6,8-9,12,14H,5,7,10-11,13H2,1-4H3,(H2,20,21,22). The number of rotatable bonds is 8. The van der Waals surface area contributed by atoms with Gasteiger partial charge in [0, 0.05) is 25.4 Å². The minimum atomic E-state index is 0.296. The van der Waals surface area contributed by atoms with E-state index in [2.05, 4.69) is 77.7 Å². The van der Waals surface area contributed by atoms with Gasteiger partial charge in [-0.1, -0.05) is 48.8 Å². The van der Waals surface area contributed by atoms with Crippen molar-refractivity contribution < 1.29 is 4.52 Å². The van der Waals surface area contributed by atoms with E-state index < -0.39 is 0 Å². The Morgan fingerprint density at radius 2 is 2.12 bits per heavy atom. The summed E-state index contributed by atoms with van der Waals surface area (Å²) in [5.41, 5.74) is 2.47. The Labute approximate surface area is 150 Å². The van der Waals surface area contributed by atoms with Gasteiger partial charge >= 0.3 is 0 Å². The minimum absolute atomic E-state index is 0.296. The topological polar surface area (TPSA) is 75.3 Å². The van der Waals surface area contributed by atoms with E-state index in [1.807, 2.05) is 0 Å². The number of aliphatic imine (C=N–C) groups is 1. The number of benzene rings is 1. The van der Waals surface area contributed by atoms with Crippen LogP contribution >= 0.6 is 0 Å². The van der Waals surface area contributed by atoms with Gasteiger partial charge in [0.2, 0.25) is 5.89 Å². The van der Waals surface area contributed by atoms with E-state index in [0.29, 0.717) is 18.4 Å². The molecule has 0 aliphatic carbocycles. The van der Waals surface area contributed by atoms with E-state index in [0.717, 1.165) is 37.7 Å². The molecule has 0 spiro atoms. The summed E-state index contributed by atoms with van der Waals surface area (Å²) < 4.78 is 5.26. The van der Waals surface area contributed by atoms with Crippen LogP contribution in [0.15, 0.2) is 33.8 Å². The van der Waals surface area contributed by atoms with Crippen LogP contribution < -0.4 is 10.6 Å². The quantitative estimate of drug-likeness (QED) is 0.437. The van der Waals surface area contributed by atoms with E-state index in [9.17, 15) is 0 Å². The normalized spacial score (nSPS) is 11.8. The van der Waals surface area contributed by atoms with Crippen molar-refractivity contribution in [1.29, 1.82) is 0 Å². The second kappa shape index (κ2) is 9.81. The average Bonchev–Trinajstić information content (AvgIpc) is 3.06. The summed E-state index contributed by atoms with van der Waals surface area (Å²) in [5.74, 6) is 2.60. The Morgan fingerprint density at radius 1 is 1.28 bits per heavy atom. The van der Waals surface area contributed by atoms with Gasteiger partial charge in [-0.25, -0.2) is 4.99 Å². The highest BCUT2D eigenvalue weighted by molar-refractivity contribution is 5.79. The third kappa shape index (κ3) is 6.57. The molecule has 0 radical (unpaired) electrons. The van der Waals surface area contributed by atoms with E-state index in [1.165, 1.54) is 11.1 Å². The molecule has 6 nitrogen and oxygen atoms in total. The van der Waals surface area contributed by atoms with Crippen LogP contribution in [0.2, 0.25) is 0 Å². The zero-order valence-electron chi connectivity index (χ0n) is 15.7. The van der Waals surface area contributed by atoms with Gasteiger partial charge in [-0.2, -0.15) is 4.98 Å². The van der Waals surface area contributed by atoms with Crippen LogP contribution in [0.5, 0.6) is 0 Å². The number of hydrogen-bond donors (Lipinski definition) is 2. The lowest BCUT2D eigenvalue weighted by Gasteiger charge is -2.11. The SMILES string of the molecule is CCNC(=NCc1cccc(C)c1)NCCCc1nc(C(C)C)no1. The van der Waals surface area contributed by atoms with Crippen molar-refractivity contribution in [3.8, 4) is 0 Å². The Morgan fingerprint density at radius 3 is 2.80 bits per heavy atom. The molecule has 136 valence electrons. The maximum atomic E-state index is 5.26. The maximum absolute atomic E-state index is 5.26. The summed E-state index contributed by atoms with van der Waals surface area (Å²) in [6.07, 6.45) is 1.68. The lowest BCUT2D eigenvalue weighted by atomic mass is 10.1. The van der Waals surface area contributed by atoms with E-state index in [4.69, 9.17) is 4.52 Å². The largest absolute Gasteiger partial charge is 0.357 e. The zero-order valence-corrected chi connectivity index (χ0v) is 15.7. The Bertz CT molecular complexity index is 678. The van der Waals surface area contributed by atoms with Crippen molar-refractivity contribution in [2.24, 2.45) is 4.99 Å². The number of aromatic nitrogens is 2. The summed E-state index contributed by atoms with van der Waals surface area (Å²) >= 11 is 0. The number of nitrogens with zero attached hydrogens (tertiary/aromatic N) is 3. The van der Waals surface area contributed by atoms with Crippen LogP contribution in [0.25, 0.3) is 0 Å². The number of hydrogen-bond acceptors (Lipinski definition) is 4. The molecule has 25 heavy (non-hydrogen) atoms. The first-order valence-electron chi connectivity index (χ1n) is 8.98. The van der Waals surface area contributed by atoms with Gasteiger partial charge in [-0.3, -0.25) is 0 Å². The Balaban J connectivity index is 1.79. The van der Waals surface area contributed by atoms with Gasteiger partial charge in [0.25, 0.3) is 0 Å². The molecule has 0 saturated heterocycles. The first-order chi connectivity index (χ1) is 12.1. The minimum Gasteiger partial charge on any atom is -0.357 e. The zero-order chi connectivity index (χ0) is 18.1. The second-order valence-corrected chi connectivity index (χ2v) is 6.42. The molecule has 0 atom stereocenters. The molecule has 2 aromatic rings. The van der Waals surface area contributed by atoms with Crippen LogP contribution in [0.3, 0.4) is 0 Å². The van der Waals surface area contributed by atoms with Crippen molar-refractivity contribution >= 4 is 5.96 Å². The maximum Gasteiger partial charge on any atom is 0.226 e. The average molecular weight is 343 g/mol. The van der Waals surface area contributed by atoms with Gasteiger partial charge in [0.15, 0.2) is 11.8 Å². The first kappa shape index (κ1) is 19.0. The highest BCUT2D eigenvalue weighted by Crippen LogP contribution is 2.10. The lowest BCUT2D eigenvalue weighted by Crippen LogP contribution is -2.37. The molecule has 0 fully saturated rings. The summed E-state index contributed by atoms with van der Waals surface area (Å²) in [4.78, 5) is 9.04. The Hall–Kier alpha value is -2.37. The molecule has 0 aliphatic rings. The summed E-state index contributed by atoms with van der Waals surface area (Å²) in [5, 5.41) is 10.6. The van der Waals surface area contributed by atoms with Crippen molar-refractivity contribution in [3.63, 3.8) is 0 Å². The molecule has 2 N–H and O–H groups in total. The van der Waals surface area contributed by atoms with Gasteiger partial charge in [0.1, 0.15) is 0 Å². The van der Waals surface area contributed by atoms with Crippen molar-refractivity contribution in [2.45, 2.75) is 53.0 Å². The molecule has 1 aromatic heterocycles. The molecule has 0 saturated carbocycles. The van der Waals surface area contributed by atoms with Crippen LogP contribution in [0.1, 0.15) is 56.0 Å². The molecule has 6 heteroatoms. The van der Waals surface area contributed by atoms with E-state index in [1.54, 1.807) is 0 Å². The molecule has 0 amide bonds. The Kier molecular flexibility index (Phi) is 7.44. The number of aryl methyl sites for hydroxylation is 2. The third-order valence-corrected chi connectivity index (χ3v) is 3.71. The molecule has 0 bridgehead atoms. The van der Waals surface area contributed by atoms with Crippen molar-refractivity contribution in [3.05, 3.63) is 47.1 Å². The smallest absolute Gasteiger partial charge is 0.226 e. The predicted octanol–water partition coefficient (Wildman–Crippen LogP) is 3.19. The summed E-state index contributed by atoms with van der Waals surface area (Å²) in [7, 11) is 0. The molecular weight excluding hydrogens is 314 g/mol. The van der Waals surface area contributed by atoms with Crippen molar-refractivity contribution in [1.82, 2.24) is 20.8 Å². The molecule has 1 aromatic carbocycles. The molecule has 0 aliphatic heterocycles. The monoisotopic (exact) mass is 343 g/mol. The number of guanidine groups is 1. The summed E-state index contributed by atoms with van der Waals surface area (Å²) in [6, 6.07) is 8.42. The van der Waals surface area contributed by atoms with Gasteiger partial charge in [-0.15, -0.1) is 0 Å². The molecule has 1 heterocycles. The van der Waals surface area contributed by atoms with Crippen LogP contribution in [-0.4, -0.2) is 29.2 Å². The molecular formula is C19H29N5O. The van der Waals surface area contributed by atoms with Crippen LogP contribution in [-0.2, 0) is 13.0 Å². The lowest BCUT2D eigenvalue weighted by molar-refractivity contribution is 0.368. The third-order valence-electron chi connectivity index (χ3n) is 3.71. The van der Waals surface area contributed by atoms with Crippen molar-refractivity contribution in [2.75, 3.05) is 13.1 Å². The molecule has 2 rings (SSSR count). The van der Waals surface area contributed by atoms with Crippen LogP contribution in [0, 0.1) is 6.92 Å². The van der Waals surface area contributed by atoms with Gasteiger partial charge in [0.05, 0.1) is 6.54 Å². The highest BCUT2D eigenvalue weighted by Gasteiger charge is 2.09. The van der Waals surface area contributed by atoms with E-state index in [-0.39, 0.29) is 0 Å². The first-order valence-corrected chi connectivity index (χ1v) is 8.98. The number of nitrogens with one attached hydrogen (secondary N) is 2. The fourth-order valence-corrected chi connectivity index (χ4v) is 2.37. The van der Waals surface area contributed by atoms with Gasteiger partial charge < -0.3 is 15.2 Å². The van der Waals surface area contributed by atoms with Gasteiger partial charge in [-0.05, 0) is 25.8 Å². The predicted molar refractivity (Wildman–Crippen MR) is 101 cm³/mol. The fourth-order valence-electron chi connectivity index (χ4n) is 2.37. The van der Waals surface area contributed by atoms with E-state index >= 15 is 0 Å². The summed E-state index contributed by atoms with van der Waals surface area (Å²) in [6.45, 7) is 10.6. The van der Waals surface area contributed by atoms with Crippen LogP contribution in [0.4, 0.5) is 0 Å². The highest BCUT2D eigenvalue weighted by atomic mass is 16.5. The molecule has 0 unspecified atom stereocenters. The second-order valence-electron chi connectivity index (χ2n) is 6.42. The fraction of sp³-hybridized carbons (Fsp3) is 0.526.